The van der Waals surface area contributed by atoms with Gasteiger partial charge in [0.2, 0.25) is 0 Å². The van der Waals surface area contributed by atoms with Crippen LogP contribution in [-0.2, 0) is 23.9 Å². The third kappa shape index (κ3) is 11.1. The fourth-order valence-electron chi connectivity index (χ4n) is 3.77. The van der Waals surface area contributed by atoms with Crippen molar-refractivity contribution in [1.29, 1.82) is 0 Å². The average Bonchev–Trinajstić information content (AvgIpc) is 2.95. The van der Waals surface area contributed by atoms with Gasteiger partial charge in [-0.25, -0.2) is 4.79 Å². The summed E-state index contributed by atoms with van der Waals surface area (Å²) in [6, 6.07) is 0. The zero-order valence-corrected chi connectivity index (χ0v) is 18.0. The van der Waals surface area contributed by atoms with E-state index in [0.29, 0.717) is 13.0 Å². The zero-order chi connectivity index (χ0) is 21.5. The molecule has 1 aliphatic rings. The molecule has 29 heavy (non-hydrogen) atoms. The van der Waals surface area contributed by atoms with Gasteiger partial charge in [0.1, 0.15) is 12.0 Å². The molecule has 1 saturated heterocycles. The SMILES string of the molecule is C=C1C(=O)OC(CCCCCCCCCCCCCCCOC(C)=O)C1C(=O)O. The predicted octanol–water partition coefficient (Wildman–Crippen LogP) is 5.19. The molecule has 0 spiro atoms. The van der Waals surface area contributed by atoms with Crippen molar-refractivity contribution < 1.29 is 29.0 Å². The molecule has 1 heterocycles. The van der Waals surface area contributed by atoms with Gasteiger partial charge in [-0.2, -0.15) is 0 Å². The monoisotopic (exact) mass is 410 g/mol. The van der Waals surface area contributed by atoms with Crippen LogP contribution in [-0.4, -0.2) is 35.7 Å². The molecule has 0 aromatic carbocycles. The van der Waals surface area contributed by atoms with Crippen LogP contribution < -0.4 is 0 Å². The van der Waals surface area contributed by atoms with E-state index in [1.54, 1.807) is 0 Å². The third-order valence-corrected chi connectivity index (χ3v) is 5.47. The van der Waals surface area contributed by atoms with Crippen molar-refractivity contribution in [2.24, 2.45) is 5.92 Å². The van der Waals surface area contributed by atoms with Crippen LogP contribution in [0.4, 0.5) is 0 Å². The van der Waals surface area contributed by atoms with Gasteiger partial charge in [0.25, 0.3) is 0 Å². The van der Waals surface area contributed by atoms with Gasteiger partial charge in [-0.1, -0.05) is 77.2 Å². The summed E-state index contributed by atoms with van der Waals surface area (Å²) in [7, 11) is 0. The predicted molar refractivity (Wildman–Crippen MR) is 111 cm³/mol. The Morgan fingerprint density at radius 1 is 0.897 bits per heavy atom. The van der Waals surface area contributed by atoms with Crippen LogP contribution in [0.5, 0.6) is 0 Å². The fraction of sp³-hybridized carbons (Fsp3) is 0.783. The molecular formula is C23H38O6. The minimum absolute atomic E-state index is 0.0736. The molecule has 1 rings (SSSR count). The maximum absolute atomic E-state index is 11.5. The Hall–Kier alpha value is -1.85. The van der Waals surface area contributed by atoms with Crippen molar-refractivity contribution in [1.82, 2.24) is 0 Å². The molecule has 0 radical (unpaired) electrons. The lowest BCUT2D eigenvalue weighted by molar-refractivity contribution is -0.145. The lowest BCUT2D eigenvalue weighted by Gasteiger charge is -2.13. The molecular weight excluding hydrogens is 372 g/mol. The molecule has 0 amide bonds. The Kier molecular flexibility index (Phi) is 13.1. The summed E-state index contributed by atoms with van der Waals surface area (Å²) in [6.45, 7) is 5.54. The highest BCUT2D eigenvalue weighted by atomic mass is 16.6. The van der Waals surface area contributed by atoms with Gasteiger partial charge in [-0.3, -0.25) is 9.59 Å². The van der Waals surface area contributed by atoms with E-state index in [2.05, 4.69) is 6.58 Å². The molecule has 166 valence electrons. The summed E-state index contributed by atoms with van der Waals surface area (Å²) in [5.41, 5.74) is 0.0736. The van der Waals surface area contributed by atoms with Crippen LogP contribution in [0, 0.1) is 5.92 Å². The summed E-state index contributed by atoms with van der Waals surface area (Å²) in [4.78, 5) is 33.3. The number of unbranched alkanes of at least 4 members (excludes halogenated alkanes) is 12. The molecule has 0 saturated carbocycles. The van der Waals surface area contributed by atoms with Gasteiger partial charge in [-0.05, 0) is 19.3 Å². The van der Waals surface area contributed by atoms with Gasteiger partial charge in [0, 0.05) is 12.5 Å². The highest BCUT2D eigenvalue weighted by molar-refractivity contribution is 5.97. The Morgan fingerprint density at radius 3 is 1.79 bits per heavy atom. The molecule has 6 heteroatoms. The van der Waals surface area contributed by atoms with E-state index in [9.17, 15) is 19.5 Å². The topological polar surface area (TPSA) is 89.9 Å². The van der Waals surface area contributed by atoms with Crippen molar-refractivity contribution in [2.45, 2.75) is 103 Å². The van der Waals surface area contributed by atoms with E-state index in [0.717, 1.165) is 32.1 Å². The lowest BCUT2D eigenvalue weighted by atomic mass is 9.93. The van der Waals surface area contributed by atoms with E-state index in [-0.39, 0.29) is 11.5 Å². The van der Waals surface area contributed by atoms with Crippen LogP contribution in [0.25, 0.3) is 0 Å². The lowest BCUT2D eigenvalue weighted by Crippen LogP contribution is -2.24. The maximum Gasteiger partial charge on any atom is 0.334 e. The molecule has 0 aromatic heterocycles. The Morgan fingerprint density at radius 2 is 1.34 bits per heavy atom. The van der Waals surface area contributed by atoms with Crippen molar-refractivity contribution in [2.75, 3.05) is 6.61 Å². The normalized spacial score (nSPS) is 18.7. The van der Waals surface area contributed by atoms with E-state index in [1.807, 2.05) is 0 Å². The number of esters is 2. The van der Waals surface area contributed by atoms with Gasteiger partial charge in [-0.15, -0.1) is 0 Å². The summed E-state index contributed by atoms with van der Waals surface area (Å²) < 4.78 is 10.0. The number of hydrogen-bond donors (Lipinski definition) is 1. The molecule has 2 unspecified atom stereocenters. The van der Waals surface area contributed by atoms with E-state index in [4.69, 9.17) is 9.47 Å². The van der Waals surface area contributed by atoms with Crippen LogP contribution >= 0.6 is 0 Å². The number of carboxylic acids is 1. The molecule has 0 aromatic rings. The number of carbonyl (C=O) groups is 3. The average molecular weight is 411 g/mol. The van der Waals surface area contributed by atoms with Crippen molar-refractivity contribution in [3.8, 4) is 0 Å². The minimum Gasteiger partial charge on any atom is -0.481 e. The second-order valence-corrected chi connectivity index (χ2v) is 8.01. The van der Waals surface area contributed by atoms with E-state index in [1.165, 1.54) is 58.3 Å². The number of carbonyl (C=O) groups excluding carboxylic acids is 2. The number of carboxylic acid groups (broad SMARTS) is 1. The van der Waals surface area contributed by atoms with Crippen molar-refractivity contribution >= 4 is 17.9 Å². The minimum atomic E-state index is -1.02. The fourth-order valence-corrected chi connectivity index (χ4v) is 3.77. The molecule has 1 N–H and O–H groups in total. The summed E-state index contributed by atoms with van der Waals surface area (Å²) >= 11 is 0. The second kappa shape index (κ2) is 15.1. The van der Waals surface area contributed by atoms with Gasteiger partial charge in [0.05, 0.1) is 6.61 Å². The highest BCUT2D eigenvalue weighted by Crippen LogP contribution is 2.30. The molecule has 1 aliphatic heterocycles. The second-order valence-electron chi connectivity index (χ2n) is 8.01. The van der Waals surface area contributed by atoms with Crippen LogP contribution in [0.3, 0.4) is 0 Å². The first-order chi connectivity index (χ1) is 13.9. The summed E-state index contributed by atoms with van der Waals surface area (Å²) in [5.74, 6) is -2.66. The smallest absolute Gasteiger partial charge is 0.334 e. The molecule has 0 bridgehead atoms. The quantitative estimate of drug-likeness (QED) is 0.201. The van der Waals surface area contributed by atoms with Crippen LogP contribution in [0.15, 0.2) is 12.2 Å². The standard InChI is InChI=1S/C23H38O6/c1-18-21(22(25)26)20(29-23(18)27)16-14-12-10-8-6-4-3-5-7-9-11-13-15-17-28-19(2)24/h20-21H,1,3-17H2,2H3,(H,25,26). The first-order valence-electron chi connectivity index (χ1n) is 11.2. The van der Waals surface area contributed by atoms with Crippen LogP contribution in [0.1, 0.15) is 96.8 Å². The largest absolute Gasteiger partial charge is 0.481 e. The summed E-state index contributed by atoms with van der Waals surface area (Å²) in [5, 5.41) is 9.21. The van der Waals surface area contributed by atoms with Crippen molar-refractivity contribution in [3.05, 3.63) is 12.2 Å². The Balaban J connectivity index is 1.86. The number of aliphatic carboxylic acids is 1. The van der Waals surface area contributed by atoms with Gasteiger partial charge < -0.3 is 14.6 Å². The van der Waals surface area contributed by atoms with E-state index < -0.39 is 24.0 Å². The third-order valence-electron chi connectivity index (χ3n) is 5.47. The van der Waals surface area contributed by atoms with E-state index >= 15 is 0 Å². The van der Waals surface area contributed by atoms with Crippen LogP contribution in [0.2, 0.25) is 0 Å². The first-order valence-corrected chi connectivity index (χ1v) is 11.2. The number of rotatable bonds is 17. The number of ether oxygens (including phenoxy) is 2. The Labute approximate surface area is 175 Å². The molecule has 2 atom stereocenters. The first kappa shape index (κ1) is 25.2. The zero-order valence-electron chi connectivity index (χ0n) is 18.0. The van der Waals surface area contributed by atoms with Gasteiger partial charge in [0.15, 0.2) is 0 Å². The molecule has 0 aliphatic carbocycles. The number of cyclic esters (lactones) is 1. The number of hydrogen-bond acceptors (Lipinski definition) is 5. The molecule has 6 nitrogen and oxygen atoms in total. The molecule has 1 fully saturated rings. The summed E-state index contributed by atoms with van der Waals surface area (Å²) in [6.07, 6.45) is 15.3. The maximum atomic E-state index is 11.5. The van der Waals surface area contributed by atoms with Gasteiger partial charge >= 0.3 is 17.9 Å². The highest BCUT2D eigenvalue weighted by Gasteiger charge is 2.42. The Bertz CT molecular complexity index is 527. The van der Waals surface area contributed by atoms with Crippen molar-refractivity contribution in [3.63, 3.8) is 0 Å².